The third-order valence-corrected chi connectivity index (χ3v) is 4.00. The second-order valence-electron chi connectivity index (χ2n) is 5.22. The van der Waals surface area contributed by atoms with Crippen molar-refractivity contribution in [3.05, 3.63) is 30.6 Å². The summed E-state index contributed by atoms with van der Waals surface area (Å²) in [7, 11) is 0. The number of tetrazole rings is 1. The Morgan fingerprint density at radius 1 is 1.50 bits per heavy atom. The Labute approximate surface area is 134 Å². The van der Waals surface area contributed by atoms with Gasteiger partial charge in [0.25, 0.3) is 0 Å². The number of aromatic nitrogens is 4. The average molecular weight is 323 g/mol. The van der Waals surface area contributed by atoms with Crippen LogP contribution in [-0.2, 0) is 4.79 Å². The van der Waals surface area contributed by atoms with Crippen molar-refractivity contribution in [2.45, 2.75) is 31.7 Å². The molecule has 1 amide bonds. The van der Waals surface area contributed by atoms with Gasteiger partial charge in [-0.2, -0.15) is 0 Å². The molecular weight excluding hydrogens is 304 g/mol. The number of nitrogens with one attached hydrogen (secondary N) is 2. The summed E-state index contributed by atoms with van der Waals surface area (Å²) in [6.45, 7) is 2.93. The zero-order chi connectivity index (χ0) is 14.7. The van der Waals surface area contributed by atoms with E-state index < -0.39 is 5.54 Å². The number of carbonyl (C=O) groups excluding carboxylic acids is 1. The molecule has 0 bridgehead atoms. The number of halogens is 1. The van der Waals surface area contributed by atoms with E-state index in [1.807, 2.05) is 31.2 Å². The SMILES string of the molecule is CCC1(C(=O)Nc2cccc(-n3cnnn3)c2)CCCN1.Cl. The maximum Gasteiger partial charge on any atom is 0.244 e. The number of hydrogen-bond acceptors (Lipinski definition) is 5. The Hall–Kier alpha value is -1.99. The first kappa shape index (κ1) is 16.4. The van der Waals surface area contributed by atoms with Gasteiger partial charge in [0, 0.05) is 5.69 Å². The zero-order valence-corrected chi connectivity index (χ0v) is 13.1. The molecule has 1 atom stereocenters. The number of anilines is 1. The minimum Gasteiger partial charge on any atom is -0.324 e. The summed E-state index contributed by atoms with van der Waals surface area (Å²) in [6.07, 6.45) is 4.21. The number of benzene rings is 1. The Bertz CT molecular complexity index is 624. The average Bonchev–Trinajstić information content (AvgIpc) is 3.20. The number of carbonyl (C=O) groups is 1. The summed E-state index contributed by atoms with van der Waals surface area (Å²) in [6, 6.07) is 7.47. The van der Waals surface area contributed by atoms with Crippen LogP contribution in [0.4, 0.5) is 5.69 Å². The van der Waals surface area contributed by atoms with Gasteiger partial charge in [-0.25, -0.2) is 4.68 Å². The molecule has 1 aliphatic heterocycles. The van der Waals surface area contributed by atoms with E-state index in [-0.39, 0.29) is 18.3 Å². The van der Waals surface area contributed by atoms with Gasteiger partial charge in [-0.05, 0) is 54.4 Å². The first-order chi connectivity index (χ1) is 10.2. The summed E-state index contributed by atoms with van der Waals surface area (Å²) < 4.78 is 1.55. The van der Waals surface area contributed by atoms with Crippen molar-refractivity contribution in [3.8, 4) is 5.69 Å². The van der Waals surface area contributed by atoms with Gasteiger partial charge in [0.1, 0.15) is 6.33 Å². The van der Waals surface area contributed by atoms with Crippen LogP contribution >= 0.6 is 12.4 Å². The molecule has 1 saturated heterocycles. The first-order valence-corrected chi connectivity index (χ1v) is 7.13. The summed E-state index contributed by atoms with van der Waals surface area (Å²) in [5, 5.41) is 17.4. The molecule has 3 rings (SSSR count). The van der Waals surface area contributed by atoms with Gasteiger partial charge in [0.2, 0.25) is 5.91 Å². The predicted octanol–water partition coefficient (Wildman–Crippen LogP) is 1.55. The molecule has 2 N–H and O–H groups in total. The van der Waals surface area contributed by atoms with Gasteiger partial charge in [0.15, 0.2) is 0 Å². The maximum absolute atomic E-state index is 12.5. The Morgan fingerprint density at radius 2 is 2.36 bits per heavy atom. The van der Waals surface area contributed by atoms with Gasteiger partial charge in [-0.1, -0.05) is 13.0 Å². The molecule has 0 aliphatic carbocycles. The largest absolute Gasteiger partial charge is 0.324 e. The summed E-state index contributed by atoms with van der Waals surface area (Å²) in [4.78, 5) is 12.5. The van der Waals surface area contributed by atoms with Crippen LogP contribution in [0.2, 0.25) is 0 Å². The topological polar surface area (TPSA) is 84.7 Å². The number of rotatable bonds is 4. The molecular formula is C14H19ClN6O. The van der Waals surface area contributed by atoms with E-state index in [0.717, 1.165) is 37.2 Å². The normalized spacial score (nSPS) is 20.4. The van der Waals surface area contributed by atoms with E-state index in [1.54, 1.807) is 4.68 Å². The highest BCUT2D eigenvalue weighted by molar-refractivity contribution is 5.98. The molecule has 22 heavy (non-hydrogen) atoms. The molecule has 7 nitrogen and oxygen atoms in total. The summed E-state index contributed by atoms with van der Waals surface area (Å²) in [5.41, 5.74) is 1.11. The quantitative estimate of drug-likeness (QED) is 0.892. The van der Waals surface area contributed by atoms with E-state index >= 15 is 0 Å². The lowest BCUT2D eigenvalue weighted by atomic mass is 9.93. The molecule has 0 spiro atoms. The zero-order valence-electron chi connectivity index (χ0n) is 12.3. The van der Waals surface area contributed by atoms with Gasteiger partial charge in [-0.15, -0.1) is 17.5 Å². The van der Waals surface area contributed by atoms with Gasteiger partial charge < -0.3 is 10.6 Å². The summed E-state index contributed by atoms with van der Waals surface area (Å²) in [5.74, 6) is 0.0244. The van der Waals surface area contributed by atoms with Crippen molar-refractivity contribution in [2.24, 2.45) is 0 Å². The molecule has 2 heterocycles. The molecule has 2 aromatic rings. The van der Waals surface area contributed by atoms with Crippen LogP contribution in [0.15, 0.2) is 30.6 Å². The van der Waals surface area contributed by atoms with E-state index in [2.05, 4.69) is 26.2 Å². The van der Waals surface area contributed by atoms with Crippen LogP contribution < -0.4 is 10.6 Å². The minimum absolute atomic E-state index is 0. The minimum atomic E-state index is -0.440. The van der Waals surface area contributed by atoms with Crippen LogP contribution in [0, 0.1) is 0 Å². The van der Waals surface area contributed by atoms with Crippen molar-refractivity contribution in [2.75, 3.05) is 11.9 Å². The maximum atomic E-state index is 12.5. The standard InChI is InChI=1S/C14H18N6O.ClH/c1-2-14(7-4-8-15-14)13(21)17-11-5-3-6-12(9-11)20-10-16-18-19-20;/h3,5-6,9-10,15H,2,4,7-8H2,1H3,(H,17,21);1H. The monoisotopic (exact) mass is 322 g/mol. The highest BCUT2D eigenvalue weighted by Crippen LogP contribution is 2.25. The van der Waals surface area contributed by atoms with Crippen LogP contribution in [0.5, 0.6) is 0 Å². The van der Waals surface area contributed by atoms with Gasteiger partial charge >= 0.3 is 0 Å². The lowest BCUT2D eigenvalue weighted by Crippen LogP contribution is -2.50. The number of hydrogen-bond donors (Lipinski definition) is 2. The van der Waals surface area contributed by atoms with Gasteiger partial charge in [-0.3, -0.25) is 4.79 Å². The van der Waals surface area contributed by atoms with Crippen LogP contribution in [0.3, 0.4) is 0 Å². The molecule has 1 fully saturated rings. The summed E-state index contributed by atoms with van der Waals surface area (Å²) >= 11 is 0. The van der Waals surface area contributed by atoms with Crippen molar-refractivity contribution >= 4 is 24.0 Å². The highest BCUT2D eigenvalue weighted by Gasteiger charge is 2.39. The van der Waals surface area contributed by atoms with E-state index in [4.69, 9.17) is 0 Å². The van der Waals surface area contributed by atoms with Gasteiger partial charge in [0.05, 0.1) is 11.2 Å². The first-order valence-electron chi connectivity index (χ1n) is 7.13. The second kappa shape index (κ2) is 6.85. The Kier molecular flexibility index (Phi) is 5.10. The molecule has 1 aromatic heterocycles. The molecule has 1 unspecified atom stereocenters. The van der Waals surface area contributed by atoms with E-state index in [0.29, 0.717) is 0 Å². The fourth-order valence-corrected chi connectivity index (χ4v) is 2.72. The molecule has 8 heteroatoms. The van der Waals surface area contributed by atoms with Crippen molar-refractivity contribution in [3.63, 3.8) is 0 Å². The number of nitrogens with zero attached hydrogens (tertiary/aromatic N) is 4. The van der Waals surface area contributed by atoms with Crippen molar-refractivity contribution < 1.29 is 4.79 Å². The fraction of sp³-hybridized carbons (Fsp3) is 0.429. The van der Waals surface area contributed by atoms with Crippen LogP contribution in [0.25, 0.3) is 5.69 Å². The molecule has 0 radical (unpaired) electrons. The highest BCUT2D eigenvalue weighted by atomic mass is 35.5. The molecule has 0 saturated carbocycles. The lowest BCUT2D eigenvalue weighted by Gasteiger charge is -2.26. The third-order valence-electron chi connectivity index (χ3n) is 4.00. The lowest BCUT2D eigenvalue weighted by molar-refractivity contribution is -0.122. The van der Waals surface area contributed by atoms with Crippen molar-refractivity contribution in [1.82, 2.24) is 25.5 Å². The van der Waals surface area contributed by atoms with Crippen LogP contribution in [-0.4, -0.2) is 38.2 Å². The predicted molar refractivity (Wildman–Crippen MR) is 85.3 cm³/mol. The number of amides is 1. The third kappa shape index (κ3) is 3.10. The fourth-order valence-electron chi connectivity index (χ4n) is 2.72. The second-order valence-corrected chi connectivity index (χ2v) is 5.22. The smallest absolute Gasteiger partial charge is 0.244 e. The van der Waals surface area contributed by atoms with E-state index in [9.17, 15) is 4.79 Å². The van der Waals surface area contributed by atoms with E-state index in [1.165, 1.54) is 6.33 Å². The van der Waals surface area contributed by atoms with Crippen molar-refractivity contribution in [1.29, 1.82) is 0 Å². The molecule has 118 valence electrons. The Morgan fingerprint density at radius 3 is 3.00 bits per heavy atom. The molecule has 1 aromatic carbocycles. The Balaban J connectivity index is 0.00000176. The molecule has 1 aliphatic rings. The van der Waals surface area contributed by atoms with Crippen LogP contribution in [0.1, 0.15) is 26.2 Å².